The Morgan fingerprint density at radius 2 is 2.06 bits per heavy atom. The molecule has 3 N–H and O–H groups in total. The number of fused-ring (bicyclic) bond motifs is 1. The molecule has 0 saturated carbocycles. The Hall–Kier alpha value is -1.16. The number of benzene rings is 1. The Labute approximate surface area is 108 Å². The van der Waals surface area contributed by atoms with E-state index >= 15 is 0 Å². The maximum absolute atomic E-state index is 9.82. The molecule has 0 amide bonds. The van der Waals surface area contributed by atoms with Crippen molar-refractivity contribution in [3.8, 4) is 0 Å². The molecule has 18 heavy (non-hydrogen) atoms. The average molecular weight is 244 g/mol. The number of aliphatic hydroxyl groups is 1. The highest BCUT2D eigenvalue weighted by molar-refractivity contribution is 5.27. The second kappa shape index (κ2) is 4.84. The lowest BCUT2D eigenvalue weighted by molar-refractivity contribution is 0.0815. The third-order valence-electron chi connectivity index (χ3n) is 4.24. The zero-order valence-electron chi connectivity index (χ0n) is 10.5. The van der Waals surface area contributed by atoms with E-state index in [-0.39, 0.29) is 18.2 Å². The molecule has 0 unspecified atom stereocenters. The van der Waals surface area contributed by atoms with Gasteiger partial charge in [-0.05, 0) is 18.5 Å². The molecular formula is C15H20N2O. The van der Waals surface area contributed by atoms with Crippen LogP contribution in [-0.2, 0) is 0 Å². The van der Waals surface area contributed by atoms with Crippen molar-refractivity contribution in [3.63, 3.8) is 0 Å². The summed E-state index contributed by atoms with van der Waals surface area (Å²) in [7, 11) is 0. The molecule has 3 rings (SSSR count). The number of piperidine rings is 1. The fraction of sp³-hybridized carbons (Fsp3) is 0.467. The lowest BCUT2D eigenvalue weighted by Crippen LogP contribution is -2.62. The summed E-state index contributed by atoms with van der Waals surface area (Å²) in [5.74, 6) is 0.385. The van der Waals surface area contributed by atoms with Crippen molar-refractivity contribution >= 4 is 0 Å². The highest BCUT2D eigenvalue weighted by Gasteiger charge is 2.42. The Balaban J connectivity index is 1.88. The molecular weight excluding hydrogens is 224 g/mol. The van der Waals surface area contributed by atoms with Gasteiger partial charge in [0.15, 0.2) is 0 Å². The van der Waals surface area contributed by atoms with Crippen molar-refractivity contribution in [2.75, 3.05) is 19.7 Å². The number of rotatable bonds is 2. The topological polar surface area (TPSA) is 44.3 Å². The first-order valence-corrected chi connectivity index (χ1v) is 6.67. The molecule has 3 heteroatoms. The molecule has 0 spiro atoms. The SMILES string of the molecule is OC[C@@]12CCNC[C@H]1C=C[C@@H](c1ccccc1)N2. The lowest BCUT2D eigenvalue weighted by atomic mass is 9.75. The van der Waals surface area contributed by atoms with Crippen molar-refractivity contribution in [1.29, 1.82) is 0 Å². The lowest BCUT2D eigenvalue weighted by Gasteiger charge is -2.47. The van der Waals surface area contributed by atoms with E-state index in [4.69, 9.17) is 0 Å². The predicted octanol–water partition coefficient (Wildman–Crippen LogP) is 1.23. The summed E-state index contributed by atoms with van der Waals surface area (Å²) in [5, 5.41) is 16.9. The van der Waals surface area contributed by atoms with Gasteiger partial charge in [0.05, 0.1) is 18.2 Å². The van der Waals surface area contributed by atoms with Crippen LogP contribution < -0.4 is 10.6 Å². The van der Waals surface area contributed by atoms with Crippen molar-refractivity contribution in [2.45, 2.75) is 18.0 Å². The van der Waals surface area contributed by atoms with E-state index in [0.717, 1.165) is 19.5 Å². The van der Waals surface area contributed by atoms with Gasteiger partial charge in [0.1, 0.15) is 0 Å². The zero-order valence-corrected chi connectivity index (χ0v) is 10.5. The summed E-state index contributed by atoms with van der Waals surface area (Å²) in [5.41, 5.74) is 1.11. The van der Waals surface area contributed by atoms with Crippen LogP contribution in [0.2, 0.25) is 0 Å². The van der Waals surface area contributed by atoms with Crippen LogP contribution in [0.1, 0.15) is 18.0 Å². The largest absolute Gasteiger partial charge is 0.394 e. The minimum absolute atomic E-state index is 0.152. The summed E-state index contributed by atoms with van der Waals surface area (Å²) < 4.78 is 0. The van der Waals surface area contributed by atoms with Gasteiger partial charge in [-0.3, -0.25) is 5.32 Å². The molecule has 2 aliphatic rings. The summed E-state index contributed by atoms with van der Waals surface area (Å²) in [6.07, 6.45) is 5.46. The van der Waals surface area contributed by atoms with Crippen LogP contribution in [0.15, 0.2) is 42.5 Å². The zero-order chi connectivity index (χ0) is 12.4. The van der Waals surface area contributed by atoms with Gasteiger partial charge in [0.2, 0.25) is 0 Å². The summed E-state index contributed by atoms with van der Waals surface area (Å²) >= 11 is 0. The molecule has 0 aromatic heterocycles. The van der Waals surface area contributed by atoms with Crippen molar-refractivity contribution < 1.29 is 5.11 Å². The van der Waals surface area contributed by atoms with Crippen LogP contribution in [0, 0.1) is 5.92 Å². The molecule has 1 aromatic rings. The second-order valence-corrected chi connectivity index (χ2v) is 5.29. The Bertz CT molecular complexity index is 431. The molecule has 1 saturated heterocycles. The molecule has 1 fully saturated rings. The third-order valence-corrected chi connectivity index (χ3v) is 4.24. The van der Waals surface area contributed by atoms with Gasteiger partial charge in [0.25, 0.3) is 0 Å². The molecule has 3 nitrogen and oxygen atoms in total. The fourth-order valence-corrected chi connectivity index (χ4v) is 3.08. The van der Waals surface area contributed by atoms with Gasteiger partial charge >= 0.3 is 0 Å². The van der Waals surface area contributed by atoms with Crippen LogP contribution in [0.3, 0.4) is 0 Å². The fourth-order valence-electron chi connectivity index (χ4n) is 3.08. The molecule has 2 heterocycles. The minimum atomic E-state index is -0.152. The standard InChI is InChI=1S/C15H20N2O/c18-11-15-8-9-16-10-13(15)6-7-14(17-15)12-4-2-1-3-5-12/h1-7,13-14,16-18H,8-11H2/t13-,14+,15+/m1/s1. The van der Waals surface area contributed by atoms with Gasteiger partial charge in [-0.2, -0.15) is 0 Å². The molecule has 2 aliphatic heterocycles. The van der Waals surface area contributed by atoms with Gasteiger partial charge < -0.3 is 10.4 Å². The molecule has 1 aromatic carbocycles. The number of nitrogens with one attached hydrogen (secondary N) is 2. The molecule has 96 valence electrons. The van der Waals surface area contributed by atoms with E-state index in [1.54, 1.807) is 0 Å². The third kappa shape index (κ3) is 1.99. The molecule has 0 aliphatic carbocycles. The molecule has 0 bridgehead atoms. The first-order chi connectivity index (χ1) is 8.84. The molecule has 0 radical (unpaired) electrons. The summed E-state index contributed by atoms with van der Waals surface area (Å²) in [6.45, 7) is 2.12. The van der Waals surface area contributed by atoms with E-state index in [0.29, 0.717) is 5.92 Å². The summed E-state index contributed by atoms with van der Waals surface area (Å²) in [6, 6.07) is 10.6. The highest BCUT2D eigenvalue weighted by Crippen LogP contribution is 2.33. The Kier molecular flexibility index (Phi) is 3.20. The van der Waals surface area contributed by atoms with Crippen LogP contribution in [-0.4, -0.2) is 30.3 Å². The van der Waals surface area contributed by atoms with Crippen molar-refractivity contribution in [3.05, 3.63) is 48.0 Å². The van der Waals surface area contributed by atoms with Gasteiger partial charge in [-0.25, -0.2) is 0 Å². The average Bonchev–Trinajstić information content (AvgIpc) is 2.47. The minimum Gasteiger partial charge on any atom is -0.394 e. The first kappa shape index (κ1) is 11.9. The number of hydrogen-bond donors (Lipinski definition) is 3. The Morgan fingerprint density at radius 3 is 2.83 bits per heavy atom. The normalized spacial score (nSPS) is 35.2. The van der Waals surface area contributed by atoms with E-state index in [9.17, 15) is 5.11 Å². The van der Waals surface area contributed by atoms with E-state index < -0.39 is 0 Å². The Morgan fingerprint density at radius 1 is 1.22 bits per heavy atom. The number of hydrogen-bond acceptors (Lipinski definition) is 3. The number of aliphatic hydroxyl groups excluding tert-OH is 1. The smallest absolute Gasteiger partial charge is 0.0620 e. The van der Waals surface area contributed by atoms with Crippen molar-refractivity contribution in [1.82, 2.24) is 10.6 Å². The second-order valence-electron chi connectivity index (χ2n) is 5.29. The maximum Gasteiger partial charge on any atom is 0.0620 e. The monoisotopic (exact) mass is 244 g/mol. The maximum atomic E-state index is 9.82. The molecule has 3 atom stereocenters. The van der Waals surface area contributed by atoms with E-state index in [1.807, 2.05) is 6.07 Å². The van der Waals surface area contributed by atoms with Gasteiger partial charge in [-0.15, -0.1) is 0 Å². The van der Waals surface area contributed by atoms with Crippen LogP contribution in [0.5, 0.6) is 0 Å². The van der Waals surface area contributed by atoms with Crippen LogP contribution in [0.25, 0.3) is 0 Å². The van der Waals surface area contributed by atoms with E-state index in [1.165, 1.54) is 5.56 Å². The predicted molar refractivity (Wildman–Crippen MR) is 72.3 cm³/mol. The highest BCUT2D eigenvalue weighted by atomic mass is 16.3. The first-order valence-electron chi connectivity index (χ1n) is 6.67. The van der Waals surface area contributed by atoms with Crippen molar-refractivity contribution in [2.24, 2.45) is 5.92 Å². The van der Waals surface area contributed by atoms with E-state index in [2.05, 4.69) is 47.1 Å². The van der Waals surface area contributed by atoms with Crippen LogP contribution in [0.4, 0.5) is 0 Å². The van der Waals surface area contributed by atoms with Gasteiger partial charge in [-0.1, -0.05) is 42.5 Å². The quantitative estimate of drug-likeness (QED) is 0.686. The van der Waals surface area contributed by atoms with Crippen LogP contribution >= 0.6 is 0 Å². The van der Waals surface area contributed by atoms with Gasteiger partial charge in [0, 0.05) is 12.5 Å². The summed E-state index contributed by atoms with van der Waals surface area (Å²) in [4.78, 5) is 0.